The van der Waals surface area contributed by atoms with Crippen LogP contribution >= 0.6 is 0 Å². The number of carbonyl (C=O) groups is 2. The number of hydrogen-bond acceptors (Lipinski definition) is 14. The van der Waals surface area contributed by atoms with Crippen molar-refractivity contribution in [3.8, 4) is 28.7 Å². The third-order valence-corrected chi connectivity index (χ3v) is 13.6. The fourth-order valence-corrected chi connectivity index (χ4v) is 8.50. The minimum absolute atomic E-state index is 0. The second-order valence-electron chi connectivity index (χ2n) is 17.3. The third-order valence-electron chi connectivity index (χ3n) is 11.9. The standard InChI is InChI=1S/C49H54N4O12S2.2Na/c1-8-48(4,5)31-20-21-39(36(26-31)49(6,7)9-2)64-23-15-14-22-50-47(57)35-28-41(33-16-10-11-17-34(33)45(35)55)65-40-19-13-12-18-37(40)52-53-44-42(67(61,62)63)25-30-24-32(66(58,59)60)27-38(51-29(3)54)43(30)46(44)56;;/h10-13,16-21,24-28,55-56H,8-9,14-15,22-23H2,1-7H3,(H,50,57)(H,51,54)(H,58,59,60)(H,61,62,63);;/q;2*+1/p-2/b53-52+;;. The van der Waals surface area contributed by atoms with Crippen LogP contribution in [0.4, 0.5) is 17.1 Å². The number of unbranched alkanes of at least 4 members (excludes halogenated alkanes) is 1. The summed E-state index contributed by atoms with van der Waals surface area (Å²) in [5.41, 5.74) is 0.956. The zero-order valence-electron chi connectivity index (χ0n) is 40.1. The van der Waals surface area contributed by atoms with Gasteiger partial charge in [-0.1, -0.05) is 90.1 Å². The van der Waals surface area contributed by atoms with E-state index in [0.717, 1.165) is 43.2 Å². The first kappa shape index (κ1) is 57.0. The molecular formula is C49H52N4Na2O12S2. The number of benzene rings is 6. The molecule has 0 aliphatic heterocycles. The number of aromatic hydroxyl groups is 2. The molecule has 0 spiro atoms. The minimum Gasteiger partial charge on any atom is -0.744 e. The molecule has 0 unspecified atom stereocenters. The Morgan fingerprint density at radius 3 is 2.01 bits per heavy atom. The second kappa shape index (κ2) is 23.1. The molecular weight excluding hydrogens is 947 g/mol. The molecule has 0 fully saturated rings. The number of phenolic OH excluding ortho intramolecular Hbond substituents is 2. The van der Waals surface area contributed by atoms with Crippen LogP contribution in [-0.4, -0.2) is 61.1 Å². The van der Waals surface area contributed by atoms with Crippen molar-refractivity contribution in [1.29, 1.82) is 0 Å². The van der Waals surface area contributed by atoms with E-state index in [2.05, 4.69) is 80.6 Å². The number of phenols is 2. The van der Waals surface area contributed by atoms with Crippen molar-refractivity contribution in [3.63, 3.8) is 0 Å². The summed E-state index contributed by atoms with van der Waals surface area (Å²) in [6, 6.07) is 22.7. The smallest absolute Gasteiger partial charge is 0.744 e. The number of fused-ring (bicyclic) bond motifs is 2. The van der Waals surface area contributed by atoms with Gasteiger partial charge in [0.25, 0.3) is 5.91 Å². The van der Waals surface area contributed by atoms with E-state index in [0.29, 0.717) is 36.3 Å². The van der Waals surface area contributed by atoms with E-state index in [-0.39, 0.29) is 116 Å². The summed E-state index contributed by atoms with van der Waals surface area (Å²) in [4.78, 5) is 23.7. The second-order valence-corrected chi connectivity index (χ2v) is 20.0. The van der Waals surface area contributed by atoms with Crippen molar-refractivity contribution < 1.29 is 114 Å². The number of amides is 2. The summed E-state index contributed by atoms with van der Waals surface area (Å²) in [5, 5.41) is 35.9. The molecule has 0 heterocycles. The Hall–Kier alpha value is -4.60. The van der Waals surface area contributed by atoms with E-state index in [9.17, 15) is 45.7 Å². The molecule has 0 aliphatic rings. The van der Waals surface area contributed by atoms with Gasteiger partial charge in [0.2, 0.25) is 5.91 Å². The fourth-order valence-electron chi connectivity index (χ4n) is 7.32. The average molecular weight is 999 g/mol. The van der Waals surface area contributed by atoms with E-state index < -0.39 is 59.0 Å². The zero-order valence-corrected chi connectivity index (χ0v) is 45.7. The van der Waals surface area contributed by atoms with E-state index in [1.165, 1.54) is 23.8 Å². The average Bonchev–Trinajstić information content (AvgIpc) is 3.27. The van der Waals surface area contributed by atoms with Crippen LogP contribution in [0.15, 0.2) is 111 Å². The molecule has 69 heavy (non-hydrogen) atoms. The monoisotopic (exact) mass is 998 g/mol. The summed E-state index contributed by atoms with van der Waals surface area (Å²) in [6.07, 6.45) is 3.15. The van der Waals surface area contributed by atoms with Gasteiger partial charge in [0.05, 0.1) is 27.6 Å². The molecule has 0 atom stereocenters. The summed E-state index contributed by atoms with van der Waals surface area (Å²) in [5.74, 6) is -1.60. The maximum Gasteiger partial charge on any atom is 1.00 e. The molecule has 6 rings (SSSR count). The van der Waals surface area contributed by atoms with Gasteiger partial charge in [-0.3, -0.25) is 9.59 Å². The predicted octanol–water partition coefficient (Wildman–Crippen LogP) is 4.35. The van der Waals surface area contributed by atoms with E-state index in [1.54, 1.807) is 36.4 Å². The number of rotatable bonds is 18. The molecule has 6 aromatic rings. The molecule has 4 N–H and O–H groups in total. The summed E-state index contributed by atoms with van der Waals surface area (Å²) in [7, 11) is -10.6. The first-order valence-electron chi connectivity index (χ1n) is 21.5. The molecule has 0 radical (unpaired) electrons. The Morgan fingerprint density at radius 1 is 0.725 bits per heavy atom. The SMILES string of the molecule is CCC(C)(C)c1ccc(OCCCCNC(=O)c2cc(Oc3ccccc3/N=N/c3c(S(=O)(=O)[O-])cc4cc(S(=O)(=O)[O-])cc(NC(C)=O)c4c3O)c3ccccc3c2O)c(C(C)(C)CC)c1.[Na+].[Na+]. The third kappa shape index (κ3) is 13.2. The van der Waals surface area contributed by atoms with Crippen molar-refractivity contribution in [2.75, 3.05) is 18.5 Å². The van der Waals surface area contributed by atoms with Crippen LogP contribution in [0, 0.1) is 0 Å². The molecule has 16 nitrogen and oxygen atoms in total. The van der Waals surface area contributed by atoms with Crippen LogP contribution < -0.4 is 79.2 Å². The first-order valence-corrected chi connectivity index (χ1v) is 24.3. The van der Waals surface area contributed by atoms with E-state index >= 15 is 0 Å². The quantitative estimate of drug-likeness (QED) is 0.0406. The van der Waals surface area contributed by atoms with Gasteiger partial charge in [0.15, 0.2) is 11.5 Å². The summed E-state index contributed by atoms with van der Waals surface area (Å²) < 4.78 is 85.8. The van der Waals surface area contributed by atoms with Gasteiger partial charge in [0.1, 0.15) is 48.9 Å². The maximum atomic E-state index is 13.7. The van der Waals surface area contributed by atoms with Crippen molar-refractivity contribution in [1.82, 2.24) is 5.32 Å². The Morgan fingerprint density at radius 2 is 1.38 bits per heavy atom. The van der Waals surface area contributed by atoms with Crippen LogP contribution in [0.2, 0.25) is 0 Å². The number of ether oxygens (including phenoxy) is 2. The number of azo groups is 1. The molecule has 6 aromatic carbocycles. The molecule has 0 aromatic heterocycles. The van der Waals surface area contributed by atoms with Crippen molar-refractivity contribution in [3.05, 3.63) is 108 Å². The fraction of sp³-hybridized carbons (Fsp3) is 0.306. The topological polar surface area (TPSA) is 256 Å². The van der Waals surface area contributed by atoms with Crippen molar-refractivity contribution in [2.45, 2.75) is 94.8 Å². The number of nitrogens with one attached hydrogen (secondary N) is 2. The van der Waals surface area contributed by atoms with E-state index in [1.807, 2.05) is 0 Å². The Kier molecular flexibility index (Phi) is 19.1. The Balaban J connectivity index is 0.00000518. The van der Waals surface area contributed by atoms with Gasteiger partial charge in [-0.2, -0.15) is 0 Å². The molecule has 354 valence electrons. The number of para-hydroxylation sites is 1. The number of hydrogen-bond donors (Lipinski definition) is 4. The minimum atomic E-state index is -5.45. The molecule has 2 amide bonds. The summed E-state index contributed by atoms with van der Waals surface area (Å²) in [6.45, 7) is 15.0. The number of nitrogens with zero attached hydrogens (tertiary/aromatic N) is 2. The van der Waals surface area contributed by atoms with Crippen LogP contribution in [0.5, 0.6) is 28.7 Å². The van der Waals surface area contributed by atoms with Crippen LogP contribution in [0.1, 0.15) is 95.6 Å². The zero-order chi connectivity index (χ0) is 49.1. The largest absolute Gasteiger partial charge is 1.00 e. The van der Waals surface area contributed by atoms with Gasteiger partial charge < -0.3 is 39.4 Å². The first-order chi connectivity index (χ1) is 31.5. The van der Waals surface area contributed by atoms with Crippen LogP contribution in [0.3, 0.4) is 0 Å². The predicted molar refractivity (Wildman–Crippen MR) is 252 cm³/mol. The van der Waals surface area contributed by atoms with Crippen LogP contribution in [0.25, 0.3) is 21.5 Å². The van der Waals surface area contributed by atoms with Gasteiger partial charge in [-0.25, -0.2) is 16.8 Å². The van der Waals surface area contributed by atoms with E-state index in [4.69, 9.17) is 9.47 Å². The molecule has 0 aliphatic carbocycles. The Labute approximate surface area is 446 Å². The molecule has 0 saturated heterocycles. The van der Waals surface area contributed by atoms with Crippen LogP contribution in [-0.2, 0) is 35.9 Å². The molecule has 20 heteroatoms. The van der Waals surface area contributed by atoms with Gasteiger partial charge in [-0.05, 0) is 89.9 Å². The van der Waals surface area contributed by atoms with Gasteiger partial charge in [0, 0.05) is 35.2 Å². The number of carbonyl (C=O) groups excluding carboxylic acids is 2. The molecule has 0 saturated carbocycles. The normalized spacial score (nSPS) is 12.1. The van der Waals surface area contributed by atoms with Crippen molar-refractivity contribution in [2.24, 2.45) is 10.2 Å². The molecule has 0 bridgehead atoms. The number of anilines is 1. The maximum absolute atomic E-state index is 13.7. The summed E-state index contributed by atoms with van der Waals surface area (Å²) >= 11 is 0. The van der Waals surface area contributed by atoms with Gasteiger partial charge in [-0.15, -0.1) is 10.2 Å². The Bertz CT molecular complexity index is 3160. The van der Waals surface area contributed by atoms with Gasteiger partial charge >= 0.3 is 59.1 Å². The van der Waals surface area contributed by atoms with Crippen molar-refractivity contribution >= 4 is 70.7 Å².